The summed E-state index contributed by atoms with van der Waals surface area (Å²) in [5.41, 5.74) is 4.92. The van der Waals surface area contributed by atoms with Gasteiger partial charge in [0.05, 0.1) is 4.90 Å². The van der Waals surface area contributed by atoms with Crippen LogP contribution in [0.4, 0.5) is 0 Å². The van der Waals surface area contributed by atoms with Gasteiger partial charge in [0.15, 0.2) is 11.9 Å². The van der Waals surface area contributed by atoms with Crippen molar-refractivity contribution in [1.82, 2.24) is 0 Å². The van der Waals surface area contributed by atoms with Gasteiger partial charge in [0.1, 0.15) is 7.05 Å². The zero-order chi connectivity index (χ0) is 15.1. The lowest BCUT2D eigenvalue weighted by molar-refractivity contribution is -0.677. The van der Waals surface area contributed by atoms with Gasteiger partial charge in [0, 0.05) is 18.6 Å². The number of rotatable bonds is 2. The van der Waals surface area contributed by atoms with E-state index >= 15 is 0 Å². The molecular formula is C15H18NO3S+. The number of pyridine rings is 1. The summed E-state index contributed by atoms with van der Waals surface area (Å²) in [7, 11) is -2.24. The molecule has 4 nitrogen and oxygen atoms in total. The molecule has 0 aliphatic heterocycles. The summed E-state index contributed by atoms with van der Waals surface area (Å²) in [5.74, 6) is 0. The molecule has 0 bridgehead atoms. The molecule has 0 saturated carbocycles. The van der Waals surface area contributed by atoms with Gasteiger partial charge in [-0.15, -0.1) is 0 Å². The van der Waals surface area contributed by atoms with E-state index in [1.807, 2.05) is 38.6 Å². The lowest BCUT2D eigenvalue weighted by Crippen LogP contribution is -2.31. The Balaban J connectivity index is 2.73. The van der Waals surface area contributed by atoms with Gasteiger partial charge in [-0.05, 0) is 42.7 Å². The van der Waals surface area contributed by atoms with E-state index in [2.05, 4.69) is 6.07 Å². The molecule has 0 aliphatic rings. The minimum Gasteiger partial charge on any atom is -0.282 e. The van der Waals surface area contributed by atoms with Crippen LogP contribution in [0.15, 0.2) is 35.4 Å². The number of aryl methyl sites for hydroxylation is 4. The lowest BCUT2D eigenvalue weighted by Gasteiger charge is -2.10. The third-order valence-corrected chi connectivity index (χ3v) is 4.38. The zero-order valence-electron chi connectivity index (χ0n) is 12.0. The van der Waals surface area contributed by atoms with Crippen LogP contribution < -0.4 is 4.57 Å². The molecule has 1 aromatic carbocycles. The van der Waals surface area contributed by atoms with Crippen LogP contribution >= 0.6 is 0 Å². The molecule has 0 saturated heterocycles. The summed E-state index contributed by atoms with van der Waals surface area (Å²) in [6.45, 7) is 5.92. The van der Waals surface area contributed by atoms with Crippen molar-refractivity contribution in [3.8, 4) is 11.1 Å². The third-order valence-electron chi connectivity index (χ3n) is 3.53. The molecule has 0 amide bonds. The van der Waals surface area contributed by atoms with Crippen molar-refractivity contribution in [2.75, 3.05) is 0 Å². The SMILES string of the molecule is Cc1ccc(S(=O)(=O)O)cc1-c1c[n+](C)c(C)cc1C. The Bertz CT molecular complexity index is 780. The molecule has 0 unspecified atom stereocenters. The highest BCUT2D eigenvalue weighted by Gasteiger charge is 2.16. The van der Waals surface area contributed by atoms with Gasteiger partial charge >= 0.3 is 0 Å². The fourth-order valence-corrected chi connectivity index (χ4v) is 2.73. The molecule has 1 aromatic heterocycles. The molecule has 20 heavy (non-hydrogen) atoms. The maximum absolute atomic E-state index is 11.3. The second kappa shape index (κ2) is 5.00. The summed E-state index contributed by atoms with van der Waals surface area (Å²) in [6.07, 6.45) is 1.97. The average Bonchev–Trinajstić information content (AvgIpc) is 2.33. The van der Waals surface area contributed by atoms with Gasteiger partial charge < -0.3 is 0 Å². The molecule has 0 aliphatic carbocycles. The summed E-state index contributed by atoms with van der Waals surface area (Å²) in [5, 5.41) is 0. The Morgan fingerprint density at radius 3 is 2.25 bits per heavy atom. The van der Waals surface area contributed by atoms with Crippen molar-refractivity contribution < 1.29 is 17.5 Å². The van der Waals surface area contributed by atoms with Gasteiger partial charge in [-0.25, -0.2) is 4.57 Å². The Hall–Kier alpha value is -1.72. The summed E-state index contributed by atoms with van der Waals surface area (Å²) in [4.78, 5) is -0.0827. The smallest absolute Gasteiger partial charge is 0.282 e. The minimum absolute atomic E-state index is 0.0827. The Labute approximate surface area is 119 Å². The second-order valence-corrected chi connectivity index (χ2v) is 6.50. The number of hydrogen-bond donors (Lipinski definition) is 1. The molecular weight excluding hydrogens is 274 g/mol. The molecule has 0 radical (unpaired) electrons. The summed E-state index contributed by atoms with van der Waals surface area (Å²) in [6, 6.07) is 6.69. The number of benzene rings is 1. The lowest BCUT2D eigenvalue weighted by atomic mass is 9.98. The largest absolute Gasteiger partial charge is 0.294 e. The highest BCUT2D eigenvalue weighted by molar-refractivity contribution is 7.85. The van der Waals surface area contributed by atoms with Crippen LogP contribution in [-0.4, -0.2) is 13.0 Å². The summed E-state index contributed by atoms with van der Waals surface area (Å²) < 4.78 is 33.7. The van der Waals surface area contributed by atoms with Crippen LogP contribution in [0.25, 0.3) is 11.1 Å². The molecule has 0 spiro atoms. The van der Waals surface area contributed by atoms with Gasteiger partial charge in [-0.1, -0.05) is 6.07 Å². The molecule has 2 rings (SSSR count). The number of hydrogen-bond acceptors (Lipinski definition) is 2. The van der Waals surface area contributed by atoms with E-state index < -0.39 is 10.1 Å². The average molecular weight is 292 g/mol. The Morgan fingerprint density at radius 2 is 1.65 bits per heavy atom. The minimum atomic E-state index is -4.19. The standard InChI is InChI=1S/C15H17NO3S/c1-10-5-6-13(20(17,18)19)8-14(10)15-9-16(4)12(3)7-11(15)2/h5-9H,1-4H3/p+1. The highest BCUT2D eigenvalue weighted by atomic mass is 32.2. The van der Waals surface area contributed by atoms with Crippen LogP contribution in [0.1, 0.15) is 16.8 Å². The first-order valence-corrected chi connectivity index (χ1v) is 7.69. The van der Waals surface area contributed by atoms with E-state index in [-0.39, 0.29) is 4.90 Å². The molecule has 0 atom stereocenters. The van der Waals surface area contributed by atoms with E-state index in [0.717, 1.165) is 27.9 Å². The number of aromatic nitrogens is 1. The van der Waals surface area contributed by atoms with Crippen molar-refractivity contribution in [1.29, 1.82) is 0 Å². The van der Waals surface area contributed by atoms with Gasteiger partial charge in [-0.3, -0.25) is 4.55 Å². The molecule has 1 heterocycles. The van der Waals surface area contributed by atoms with E-state index in [4.69, 9.17) is 0 Å². The fourth-order valence-electron chi connectivity index (χ4n) is 2.22. The second-order valence-electron chi connectivity index (χ2n) is 5.07. The predicted octanol–water partition coefficient (Wildman–Crippen LogP) is 2.35. The van der Waals surface area contributed by atoms with Crippen LogP contribution in [0.5, 0.6) is 0 Å². The Kier molecular flexibility index (Phi) is 3.67. The molecule has 1 N–H and O–H groups in total. The first-order valence-electron chi connectivity index (χ1n) is 6.25. The molecule has 0 fully saturated rings. The van der Waals surface area contributed by atoms with Crippen LogP contribution in [0.3, 0.4) is 0 Å². The maximum atomic E-state index is 11.3. The van der Waals surface area contributed by atoms with Crippen molar-refractivity contribution in [3.63, 3.8) is 0 Å². The zero-order valence-corrected chi connectivity index (χ0v) is 12.8. The molecule has 2 aromatic rings. The predicted molar refractivity (Wildman–Crippen MR) is 77.1 cm³/mol. The molecule has 5 heteroatoms. The fraction of sp³-hybridized carbons (Fsp3) is 0.267. The van der Waals surface area contributed by atoms with E-state index in [0.29, 0.717) is 0 Å². The van der Waals surface area contributed by atoms with Crippen LogP contribution in [0.2, 0.25) is 0 Å². The first kappa shape index (κ1) is 14.7. The van der Waals surface area contributed by atoms with Crippen LogP contribution in [0, 0.1) is 20.8 Å². The van der Waals surface area contributed by atoms with E-state index in [1.165, 1.54) is 12.1 Å². The van der Waals surface area contributed by atoms with Gasteiger partial charge in [-0.2, -0.15) is 8.42 Å². The molecule has 106 valence electrons. The topological polar surface area (TPSA) is 58.3 Å². The van der Waals surface area contributed by atoms with E-state index in [1.54, 1.807) is 6.07 Å². The number of nitrogens with zero attached hydrogens (tertiary/aromatic N) is 1. The van der Waals surface area contributed by atoms with Crippen molar-refractivity contribution in [3.05, 3.63) is 47.3 Å². The summed E-state index contributed by atoms with van der Waals surface area (Å²) >= 11 is 0. The quantitative estimate of drug-likeness (QED) is 0.683. The van der Waals surface area contributed by atoms with Crippen molar-refractivity contribution in [2.24, 2.45) is 7.05 Å². The maximum Gasteiger partial charge on any atom is 0.294 e. The van der Waals surface area contributed by atoms with Gasteiger partial charge in [0.2, 0.25) is 0 Å². The van der Waals surface area contributed by atoms with E-state index in [9.17, 15) is 13.0 Å². The Morgan fingerprint density at radius 1 is 1.00 bits per heavy atom. The van der Waals surface area contributed by atoms with Crippen molar-refractivity contribution >= 4 is 10.1 Å². The highest BCUT2D eigenvalue weighted by Crippen LogP contribution is 2.28. The normalized spacial score (nSPS) is 11.7. The first-order chi connectivity index (χ1) is 9.20. The third kappa shape index (κ3) is 2.73. The van der Waals surface area contributed by atoms with Gasteiger partial charge in [0.25, 0.3) is 10.1 Å². The monoisotopic (exact) mass is 292 g/mol. The van der Waals surface area contributed by atoms with Crippen molar-refractivity contribution in [2.45, 2.75) is 25.7 Å². The van der Waals surface area contributed by atoms with Crippen LogP contribution in [-0.2, 0) is 17.2 Å².